The van der Waals surface area contributed by atoms with Gasteiger partial charge in [-0.3, -0.25) is 9.69 Å². The Hall–Kier alpha value is -2.11. The van der Waals surface area contributed by atoms with Crippen LogP contribution in [0.2, 0.25) is 0 Å². The summed E-state index contributed by atoms with van der Waals surface area (Å²) in [6, 6.07) is 11.9. The second-order valence-corrected chi connectivity index (χ2v) is 6.66. The molecule has 5 heteroatoms. The number of fused-ring (bicyclic) bond motifs is 1. The van der Waals surface area contributed by atoms with E-state index in [0.717, 1.165) is 22.1 Å². The number of methoxy groups -OCH3 is 1. The fourth-order valence-electron chi connectivity index (χ4n) is 2.52. The van der Waals surface area contributed by atoms with Crippen molar-refractivity contribution in [3.8, 4) is 5.75 Å². The lowest BCUT2D eigenvalue weighted by Crippen LogP contribution is -2.27. The molecule has 2 aromatic rings. The molecular weight excluding hydrogens is 326 g/mol. The van der Waals surface area contributed by atoms with Gasteiger partial charge in [-0.05, 0) is 22.9 Å². The molecule has 0 aromatic heterocycles. The molecule has 1 aliphatic heterocycles. The summed E-state index contributed by atoms with van der Waals surface area (Å²) in [5.74, 6) is 0.646. The highest BCUT2D eigenvalue weighted by molar-refractivity contribution is 8.26. The van der Waals surface area contributed by atoms with Gasteiger partial charge in [0.2, 0.25) is 0 Å². The third kappa shape index (κ3) is 2.90. The molecule has 2 aromatic carbocycles. The molecule has 3 rings (SSSR count). The third-order valence-electron chi connectivity index (χ3n) is 3.61. The van der Waals surface area contributed by atoms with Crippen LogP contribution in [0.25, 0.3) is 16.8 Å². The average Bonchev–Trinajstić information content (AvgIpc) is 2.83. The molecule has 0 bridgehead atoms. The smallest absolute Gasteiger partial charge is 0.266 e. The standard InChI is InChI=1S/C18H15NO2S2/c1-3-10-19-17(20)16(23-18(19)22)11-14-13-7-5-4-6-12(13)8-9-15(14)21-2/h3-9,11H,1,10H2,2H3/b16-11-. The zero-order chi connectivity index (χ0) is 16.4. The first-order valence-electron chi connectivity index (χ1n) is 7.07. The Kier molecular flexibility index (Phi) is 4.50. The number of hydrogen-bond donors (Lipinski definition) is 0. The SMILES string of the molecule is C=CCN1C(=O)/C(=C/c2c(OC)ccc3ccccc23)SC1=S. The van der Waals surface area contributed by atoms with E-state index in [9.17, 15) is 4.79 Å². The van der Waals surface area contributed by atoms with Crippen LogP contribution in [0.3, 0.4) is 0 Å². The molecule has 0 spiro atoms. The molecule has 1 aliphatic rings. The summed E-state index contributed by atoms with van der Waals surface area (Å²) in [5, 5.41) is 2.14. The van der Waals surface area contributed by atoms with Gasteiger partial charge in [-0.2, -0.15) is 0 Å². The molecule has 1 saturated heterocycles. The first-order chi connectivity index (χ1) is 11.2. The Morgan fingerprint density at radius 2 is 2.09 bits per heavy atom. The molecule has 116 valence electrons. The number of rotatable bonds is 4. The lowest BCUT2D eigenvalue weighted by Gasteiger charge is -2.11. The quantitative estimate of drug-likeness (QED) is 0.473. The van der Waals surface area contributed by atoms with Crippen molar-refractivity contribution in [1.82, 2.24) is 4.90 Å². The maximum absolute atomic E-state index is 12.5. The number of nitrogens with zero attached hydrogens (tertiary/aromatic N) is 1. The molecular formula is C18H15NO2S2. The third-order valence-corrected chi connectivity index (χ3v) is 4.99. The maximum atomic E-state index is 12.5. The highest BCUT2D eigenvalue weighted by atomic mass is 32.2. The second kappa shape index (κ2) is 6.56. The van der Waals surface area contributed by atoms with Crippen molar-refractivity contribution in [1.29, 1.82) is 0 Å². The van der Waals surface area contributed by atoms with Crippen LogP contribution in [0.5, 0.6) is 5.75 Å². The highest BCUT2D eigenvalue weighted by Crippen LogP contribution is 2.36. The van der Waals surface area contributed by atoms with Crippen LogP contribution in [-0.2, 0) is 4.79 Å². The van der Waals surface area contributed by atoms with E-state index in [0.29, 0.717) is 15.8 Å². The highest BCUT2D eigenvalue weighted by Gasteiger charge is 2.31. The topological polar surface area (TPSA) is 29.5 Å². The fraction of sp³-hybridized carbons (Fsp3) is 0.111. The predicted molar refractivity (Wildman–Crippen MR) is 101 cm³/mol. The van der Waals surface area contributed by atoms with E-state index < -0.39 is 0 Å². The summed E-state index contributed by atoms with van der Waals surface area (Å²) >= 11 is 6.59. The van der Waals surface area contributed by atoms with Crippen molar-refractivity contribution in [2.75, 3.05) is 13.7 Å². The van der Waals surface area contributed by atoms with E-state index in [1.54, 1.807) is 18.1 Å². The van der Waals surface area contributed by atoms with Gasteiger partial charge in [0, 0.05) is 12.1 Å². The van der Waals surface area contributed by atoms with Gasteiger partial charge in [0.1, 0.15) is 10.1 Å². The summed E-state index contributed by atoms with van der Waals surface area (Å²) in [6.45, 7) is 4.09. The number of benzene rings is 2. The summed E-state index contributed by atoms with van der Waals surface area (Å²) in [7, 11) is 1.63. The number of ether oxygens (including phenoxy) is 1. The Bertz CT molecular complexity index is 842. The summed E-state index contributed by atoms with van der Waals surface area (Å²) in [4.78, 5) is 14.7. The van der Waals surface area contributed by atoms with Crippen molar-refractivity contribution >= 4 is 51.1 Å². The van der Waals surface area contributed by atoms with Crippen LogP contribution in [0, 0.1) is 0 Å². The number of hydrogen-bond acceptors (Lipinski definition) is 4. The van der Waals surface area contributed by atoms with Crippen LogP contribution >= 0.6 is 24.0 Å². The molecule has 3 nitrogen and oxygen atoms in total. The van der Waals surface area contributed by atoms with Gasteiger partial charge in [-0.25, -0.2) is 0 Å². The summed E-state index contributed by atoms with van der Waals surface area (Å²) in [6.07, 6.45) is 3.54. The van der Waals surface area contributed by atoms with Gasteiger partial charge < -0.3 is 4.74 Å². The predicted octanol–water partition coefficient (Wildman–Crippen LogP) is 4.24. The summed E-state index contributed by atoms with van der Waals surface area (Å²) < 4.78 is 6.03. The molecule has 0 saturated carbocycles. The number of carbonyl (C=O) groups excluding carboxylic acids is 1. The zero-order valence-electron chi connectivity index (χ0n) is 12.6. The van der Waals surface area contributed by atoms with Crippen molar-refractivity contribution in [3.05, 3.63) is 59.5 Å². The number of thioether (sulfide) groups is 1. The van der Waals surface area contributed by atoms with Gasteiger partial charge >= 0.3 is 0 Å². The van der Waals surface area contributed by atoms with Crippen LogP contribution in [-0.4, -0.2) is 28.8 Å². The van der Waals surface area contributed by atoms with Crippen molar-refractivity contribution < 1.29 is 9.53 Å². The molecule has 1 heterocycles. The van der Waals surface area contributed by atoms with E-state index in [1.165, 1.54) is 11.8 Å². The van der Waals surface area contributed by atoms with Crippen molar-refractivity contribution in [2.24, 2.45) is 0 Å². The summed E-state index contributed by atoms with van der Waals surface area (Å²) in [5.41, 5.74) is 0.893. The maximum Gasteiger partial charge on any atom is 0.266 e. The minimum Gasteiger partial charge on any atom is -0.496 e. The number of amides is 1. The van der Waals surface area contributed by atoms with Gasteiger partial charge in [-0.1, -0.05) is 60.4 Å². The average molecular weight is 341 g/mol. The Labute approximate surface area is 144 Å². The molecule has 0 unspecified atom stereocenters. The molecule has 0 atom stereocenters. The lowest BCUT2D eigenvalue weighted by molar-refractivity contribution is -0.121. The van der Waals surface area contributed by atoms with Gasteiger partial charge in [-0.15, -0.1) is 6.58 Å². The van der Waals surface area contributed by atoms with E-state index >= 15 is 0 Å². The molecule has 0 N–H and O–H groups in total. The largest absolute Gasteiger partial charge is 0.496 e. The fourth-order valence-corrected chi connectivity index (χ4v) is 3.78. The van der Waals surface area contributed by atoms with E-state index in [-0.39, 0.29) is 5.91 Å². The number of carbonyl (C=O) groups is 1. The van der Waals surface area contributed by atoms with Gasteiger partial charge in [0.15, 0.2) is 0 Å². The van der Waals surface area contributed by atoms with E-state index in [4.69, 9.17) is 17.0 Å². The first kappa shape index (κ1) is 15.8. The van der Waals surface area contributed by atoms with Crippen LogP contribution in [0.1, 0.15) is 5.56 Å². The monoisotopic (exact) mass is 341 g/mol. The molecule has 0 aliphatic carbocycles. The van der Waals surface area contributed by atoms with Crippen LogP contribution in [0.4, 0.5) is 0 Å². The van der Waals surface area contributed by atoms with Crippen LogP contribution in [0.15, 0.2) is 54.0 Å². The first-order valence-corrected chi connectivity index (χ1v) is 8.30. The second-order valence-electron chi connectivity index (χ2n) is 4.98. The zero-order valence-corrected chi connectivity index (χ0v) is 14.2. The van der Waals surface area contributed by atoms with Crippen molar-refractivity contribution in [3.63, 3.8) is 0 Å². The Balaban J connectivity index is 2.12. The van der Waals surface area contributed by atoms with Crippen molar-refractivity contribution in [2.45, 2.75) is 0 Å². The molecule has 1 fully saturated rings. The molecule has 23 heavy (non-hydrogen) atoms. The normalized spacial score (nSPS) is 16.4. The van der Waals surface area contributed by atoms with Gasteiger partial charge in [0.05, 0.1) is 12.0 Å². The Morgan fingerprint density at radius 3 is 2.83 bits per heavy atom. The molecule has 0 radical (unpaired) electrons. The Morgan fingerprint density at radius 1 is 1.30 bits per heavy atom. The minimum absolute atomic E-state index is 0.0881. The lowest BCUT2D eigenvalue weighted by atomic mass is 10.0. The minimum atomic E-state index is -0.0881. The van der Waals surface area contributed by atoms with E-state index in [2.05, 4.69) is 6.58 Å². The number of thiocarbonyl (C=S) groups is 1. The van der Waals surface area contributed by atoms with Crippen LogP contribution < -0.4 is 4.74 Å². The molecule has 1 amide bonds. The van der Waals surface area contributed by atoms with Gasteiger partial charge in [0.25, 0.3) is 5.91 Å². The van der Waals surface area contributed by atoms with E-state index in [1.807, 2.05) is 42.5 Å².